The van der Waals surface area contributed by atoms with Gasteiger partial charge < -0.3 is 5.32 Å². The molecule has 0 atom stereocenters. The number of nitrogens with one attached hydrogen (secondary N) is 1. The van der Waals surface area contributed by atoms with Gasteiger partial charge in [0.05, 0.1) is 12.8 Å². The molecule has 2 rings (SSSR count). The van der Waals surface area contributed by atoms with Gasteiger partial charge in [-0.15, -0.1) is 0 Å². The van der Waals surface area contributed by atoms with Crippen LogP contribution in [0, 0.1) is 6.92 Å². The smallest absolute Gasteiger partial charge is 0.239 e. The molecule has 21 heavy (non-hydrogen) atoms. The number of benzene rings is 1. The van der Waals surface area contributed by atoms with Crippen molar-refractivity contribution in [3.8, 4) is 0 Å². The first-order valence-corrected chi connectivity index (χ1v) is 9.04. The summed E-state index contributed by atoms with van der Waals surface area (Å²) in [6.45, 7) is 1.86. The predicted octanol–water partition coefficient (Wildman–Crippen LogP) is 2.14. The van der Waals surface area contributed by atoms with Crippen LogP contribution in [0.15, 0.2) is 24.3 Å². The summed E-state index contributed by atoms with van der Waals surface area (Å²) in [5.74, 6) is -0.295. The maximum absolute atomic E-state index is 12.1. The van der Waals surface area contributed by atoms with Gasteiger partial charge in [0.25, 0.3) is 0 Å². The molecule has 1 aromatic rings. The molecule has 1 saturated carbocycles. The molecule has 0 aromatic heterocycles. The zero-order valence-corrected chi connectivity index (χ0v) is 13.3. The highest BCUT2D eigenvalue weighted by molar-refractivity contribution is 7.88. The third-order valence-corrected chi connectivity index (χ3v) is 5.07. The Morgan fingerprint density at radius 3 is 2.33 bits per heavy atom. The van der Waals surface area contributed by atoms with E-state index in [0.717, 1.165) is 31.2 Å². The first kappa shape index (κ1) is 16.0. The van der Waals surface area contributed by atoms with Crippen LogP contribution in [0.5, 0.6) is 0 Å². The lowest BCUT2D eigenvalue weighted by Crippen LogP contribution is -2.43. The number of amides is 1. The molecule has 1 fully saturated rings. The van der Waals surface area contributed by atoms with E-state index in [0.29, 0.717) is 5.69 Å². The van der Waals surface area contributed by atoms with Crippen LogP contribution in [0.3, 0.4) is 0 Å². The second-order valence-electron chi connectivity index (χ2n) is 5.66. The van der Waals surface area contributed by atoms with E-state index in [1.165, 1.54) is 10.6 Å². The average molecular weight is 310 g/mol. The fraction of sp³-hybridized carbons (Fsp3) is 0.533. The fourth-order valence-electron chi connectivity index (χ4n) is 2.69. The van der Waals surface area contributed by atoms with Crippen LogP contribution in [-0.4, -0.2) is 37.5 Å². The molecule has 5 nitrogen and oxygen atoms in total. The highest BCUT2D eigenvalue weighted by Gasteiger charge is 2.30. The molecule has 6 heteroatoms. The summed E-state index contributed by atoms with van der Waals surface area (Å²) >= 11 is 0. The standard InChI is InChI=1S/C15H22N2O3S/c1-12-7-9-13(10-8-12)16-15(18)11-17(21(2,19)20)14-5-3-4-6-14/h7-10,14H,3-6,11H2,1-2H3,(H,16,18). The summed E-state index contributed by atoms with van der Waals surface area (Å²) in [5.41, 5.74) is 1.79. The molecular weight excluding hydrogens is 288 g/mol. The van der Waals surface area contributed by atoms with Crippen molar-refractivity contribution in [2.75, 3.05) is 18.1 Å². The van der Waals surface area contributed by atoms with Gasteiger partial charge in [-0.05, 0) is 31.9 Å². The summed E-state index contributed by atoms with van der Waals surface area (Å²) < 4.78 is 25.1. The van der Waals surface area contributed by atoms with E-state index in [1.54, 1.807) is 0 Å². The molecule has 1 N–H and O–H groups in total. The van der Waals surface area contributed by atoms with E-state index in [2.05, 4.69) is 5.32 Å². The molecule has 0 radical (unpaired) electrons. The van der Waals surface area contributed by atoms with Gasteiger partial charge in [-0.3, -0.25) is 4.79 Å². The van der Waals surface area contributed by atoms with Crippen molar-refractivity contribution in [1.82, 2.24) is 4.31 Å². The molecule has 1 aliphatic carbocycles. The summed E-state index contributed by atoms with van der Waals surface area (Å²) in [7, 11) is -3.37. The molecule has 0 saturated heterocycles. The molecule has 116 valence electrons. The Morgan fingerprint density at radius 1 is 1.24 bits per heavy atom. The SMILES string of the molecule is Cc1ccc(NC(=O)CN(C2CCCC2)S(C)(=O)=O)cc1. The van der Waals surface area contributed by atoms with E-state index in [-0.39, 0.29) is 18.5 Å². The minimum Gasteiger partial charge on any atom is -0.325 e. The number of sulfonamides is 1. The highest BCUT2D eigenvalue weighted by atomic mass is 32.2. The number of anilines is 1. The lowest BCUT2D eigenvalue weighted by atomic mass is 10.2. The summed E-state index contributed by atoms with van der Waals surface area (Å²) in [6.07, 6.45) is 4.90. The van der Waals surface area contributed by atoms with E-state index >= 15 is 0 Å². The zero-order chi connectivity index (χ0) is 15.5. The lowest BCUT2D eigenvalue weighted by molar-refractivity contribution is -0.116. The average Bonchev–Trinajstić information content (AvgIpc) is 2.91. The number of carbonyl (C=O) groups excluding carboxylic acids is 1. The molecule has 1 aliphatic rings. The molecule has 0 unspecified atom stereocenters. The monoisotopic (exact) mass is 310 g/mol. The normalized spacial score (nSPS) is 16.3. The van der Waals surface area contributed by atoms with Crippen LogP contribution in [0.1, 0.15) is 31.2 Å². The fourth-order valence-corrected chi connectivity index (χ4v) is 3.79. The maximum Gasteiger partial charge on any atom is 0.239 e. The van der Waals surface area contributed by atoms with Crippen molar-refractivity contribution < 1.29 is 13.2 Å². The Hall–Kier alpha value is -1.40. The van der Waals surface area contributed by atoms with Gasteiger partial charge in [0, 0.05) is 11.7 Å². The van der Waals surface area contributed by atoms with Gasteiger partial charge in [0.2, 0.25) is 15.9 Å². The second kappa shape index (κ2) is 6.58. The van der Waals surface area contributed by atoms with Crippen molar-refractivity contribution in [1.29, 1.82) is 0 Å². The van der Waals surface area contributed by atoms with Crippen LogP contribution in [0.25, 0.3) is 0 Å². The molecule has 1 amide bonds. The zero-order valence-electron chi connectivity index (χ0n) is 12.5. The van der Waals surface area contributed by atoms with Gasteiger partial charge in [0.15, 0.2) is 0 Å². The van der Waals surface area contributed by atoms with E-state index < -0.39 is 10.0 Å². The second-order valence-corrected chi connectivity index (χ2v) is 7.60. The Morgan fingerprint density at radius 2 is 1.81 bits per heavy atom. The number of rotatable bonds is 5. The minimum absolute atomic E-state index is 0.0382. The first-order valence-electron chi connectivity index (χ1n) is 7.19. The topological polar surface area (TPSA) is 66.5 Å². The van der Waals surface area contributed by atoms with Gasteiger partial charge in [0.1, 0.15) is 0 Å². The number of aryl methyl sites for hydroxylation is 1. The van der Waals surface area contributed by atoms with Gasteiger partial charge in [-0.25, -0.2) is 8.42 Å². The highest BCUT2D eigenvalue weighted by Crippen LogP contribution is 2.25. The summed E-state index contributed by atoms with van der Waals surface area (Å²) in [4.78, 5) is 12.1. The van der Waals surface area contributed by atoms with Crippen molar-refractivity contribution in [3.05, 3.63) is 29.8 Å². The Bertz CT molecular complexity index is 590. The van der Waals surface area contributed by atoms with Crippen molar-refractivity contribution in [2.45, 2.75) is 38.6 Å². The first-order chi connectivity index (χ1) is 9.86. The molecule has 0 heterocycles. The summed E-state index contributed by atoms with van der Waals surface area (Å²) in [6, 6.07) is 7.40. The van der Waals surface area contributed by atoms with Gasteiger partial charge in [-0.2, -0.15) is 4.31 Å². The summed E-state index contributed by atoms with van der Waals surface area (Å²) in [5, 5.41) is 2.75. The Labute approximate surface area is 126 Å². The number of hydrogen-bond acceptors (Lipinski definition) is 3. The van der Waals surface area contributed by atoms with E-state index in [4.69, 9.17) is 0 Å². The van der Waals surface area contributed by atoms with Gasteiger partial charge in [-0.1, -0.05) is 30.5 Å². The molecule has 0 bridgehead atoms. The Balaban J connectivity index is 2.02. The predicted molar refractivity (Wildman–Crippen MR) is 83.6 cm³/mol. The number of nitrogens with zero attached hydrogens (tertiary/aromatic N) is 1. The Kier molecular flexibility index (Phi) is 5.00. The van der Waals surface area contributed by atoms with E-state index in [9.17, 15) is 13.2 Å². The minimum atomic E-state index is -3.37. The molecule has 0 spiro atoms. The molecule has 0 aliphatic heterocycles. The van der Waals surface area contributed by atoms with Crippen LogP contribution < -0.4 is 5.32 Å². The third kappa shape index (κ3) is 4.54. The number of hydrogen-bond donors (Lipinski definition) is 1. The largest absolute Gasteiger partial charge is 0.325 e. The maximum atomic E-state index is 12.1. The van der Waals surface area contributed by atoms with Crippen molar-refractivity contribution in [2.24, 2.45) is 0 Å². The van der Waals surface area contributed by atoms with Crippen LogP contribution in [0.4, 0.5) is 5.69 Å². The van der Waals surface area contributed by atoms with Crippen LogP contribution in [0.2, 0.25) is 0 Å². The lowest BCUT2D eigenvalue weighted by Gasteiger charge is -2.25. The number of carbonyl (C=O) groups is 1. The van der Waals surface area contributed by atoms with Gasteiger partial charge >= 0.3 is 0 Å². The molecule has 1 aromatic carbocycles. The van der Waals surface area contributed by atoms with Crippen LogP contribution in [-0.2, 0) is 14.8 Å². The van der Waals surface area contributed by atoms with Crippen LogP contribution >= 0.6 is 0 Å². The van der Waals surface area contributed by atoms with E-state index in [1.807, 2.05) is 31.2 Å². The van der Waals surface area contributed by atoms with Crippen molar-refractivity contribution in [3.63, 3.8) is 0 Å². The quantitative estimate of drug-likeness (QED) is 0.906. The third-order valence-electron chi connectivity index (χ3n) is 3.79. The molecular formula is C15H22N2O3S. The van der Waals surface area contributed by atoms with Crippen molar-refractivity contribution >= 4 is 21.6 Å².